The van der Waals surface area contributed by atoms with Gasteiger partial charge in [0.25, 0.3) is 0 Å². The molecule has 1 aliphatic rings. The highest BCUT2D eigenvalue weighted by Crippen LogP contribution is 2.32. The predicted molar refractivity (Wildman–Crippen MR) is 62.9 cm³/mol. The van der Waals surface area contributed by atoms with E-state index in [0.717, 1.165) is 6.26 Å². The molecule has 0 bridgehead atoms. The summed E-state index contributed by atoms with van der Waals surface area (Å²) in [4.78, 5) is 24.1. The first-order valence-corrected chi connectivity index (χ1v) is 5.63. The second-order valence-electron chi connectivity index (χ2n) is 5.39. The number of carboxylic acid groups (broad SMARTS) is 1. The molecule has 0 aromatic heterocycles. The second kappa shape index (κ2) is 4.77. The number of aliphatic hydroxyl groups is 1. The van der Waals surface area contributed by atoms with Crippen LogP contribution in [0.5, 0.6) is 0 Å². The van der Waals surface area contributed by atoms with Crippen molar-refractivity contribution in [3.63, 3.8) is 0 Å². The molecule has 0 saturated carbocycles. The van der Waals surface area contributed by atoms with Crippen LogP contribution < -0.4 is 0 Å². The Morgan fingerprint density at radius 1 is 1.47 bits per heavy atom. The Bertz CT molecular complexity index is 354. The van der Waals surface area contributed by atoms with Crippen molar-refractivity contribution in [2.24, 2.45) is 5.41 Å². The Balaban J connectivity index is 3.09. The summed E-state index contributed by atoms with van der Waals surface area (Å²) >= 11 is 0. The molecule has 1 amide bonds. The number of carbonyl (C=O) groups is 2. The Kier molecular flexibility index (Phi) is 3.80. The van der Waals surface area contributed by atoms with Gasteiger partial charge in [-0.1, -0.05) is 20.8 Å². The number of aliphatic hydroxyl groups excluding tert-OH is 1. The van der Waals surface area contributed by atoms with Crippen molar-refractivity contribution in [3.05, 3.63) is 11.8 Å². The maximum atomic E-state index is 11.6. The van der Waals surface area contributed by atoms with Crippen LogP contribution in [-0.2, 0) is 4.79 Å². The Morgan fingerprint density at radius 2 is 2.06 bits per heavy atom. The minimum Gasteiger partial charge on any atom is -0.515 e. The molecule has 0 radical (unpaired) electrons. The van der Waals surface area contributed by atoms with Crippen LogP contribution in [0, 0.1) is 5.41 Å². The number of amides is 1. The summed E-state index contributed by atoms with van der Waals surface area (Å²) in [7, 11) is 0. The first kappa shape index (κ1) is 13.5. The van der Waals surface area contributed by atoms with E-state index in [0.29, 0.717) is 5.57 Å². The Morgan fingerprint density at radius 3 is 2.47 bits per heavy atom. The van der Waals surface area contributed by atoms with E-state index in [1.54, 1.807) is 0 Å². The lowest BCUT2D eigenvalue weighted by Crippen LogP contribution is -2.46. The highest BCUT2D eigenvalue weighted by Gasteiger charge is 2.37. The first-order chi connectivity index (χ1) is 7.77. The maximum absolute atomic E-state index is 11.6. The number of hydrogen-bond donors (Lipinski definition) is 2. The van der Waals surface area contributed by atoms with Crippen molar-refractivity contribution < 1.29 is 19.8 Å². The topological polar surface area (TPSA) is 77.8 Å². The van der Waals surface area contributed by atoms with Crippen molar-refractivity contribution >= 4 is 11.9 Å². The largest absolute Gasteiger partial charge is 0.515 e. The molecular weight excluding hydrogens is 222 g/mol. The third-order valence-electron chi connectivity index (χ3n) is 3.13. The molecule has 0 aromatic rings. The first-order valence-electron chi connectivity index (χ1n) is 5.63. The van der Waals surface area contributed by atoms with E-state index >= 15 is 0 Å². The summed E-state index contributed by atoms with van der Waals surface area (Å²) in [5.74, 6) is -0.175. The highest BCUT2D eigenvalue weighted by atomic mass is 16.4. The lowest BCUT2D eigenvalue weighted by atomic mass is 9.82. The van der Waals surface area contributed by atoms with Gasteiger partial charge in [-0.3, -0.25) is 4.79 Å². The van der Waals surface area contributed by atoms with E-state index < -0.39 is 6.09 Å². The number of ketones is 1. The number of carbonyl (C=O) groups excluding carboxylic acids is 1. The van der Waals surface area contributed by atoms with E-state index in [9.17, 15) is 14.7 Å². The van der Waals surface area contributed by atoms with Crippen molar-refractivity contribution in [2.75, 3.05) is 6.54 Å². The quantitative estimate of drug-likeness (QED) is 0.503. The molecular formula is C12H19NO4. The molecule has 1 aliphatic heterocycles. The van der Waals surface area contributed by atoms with Gasteiger partial charge in [-0.05, 0) is 5.41 Å². The molecule has 1 fully saturated rings. The minimum absolute atomic E-state index is 0.130. The molecule has 17 heavy (non-hydrogen) atoms. The molecule has 1 rings (SSSR count). The number of rotatable bonds is 0. The molecule has 5 heteroatoms. The van der Waals surface area contributed by atoms with Crippen LogP contribution in [0.25, 0.3) is 0 Å². The molecule has 1 atom stereocenters. The number of likely N-dealkylation sites (tertiary alicyclic amines) is 1. The highest BCUT2D eigenvalue weighted by molar-refractivity contribution is 5.95. The molecule has 0 spiro atoms. The molecule has 1 heterocycles. The molecule has 96 valence electrons. The third kappa shape index (κ3) is 2.99. The van der Waals surface area contributed by atoms with E-state index in [4.69, 9.17) is 5.11 Å². The van der Waals surface area contributed by atoms with Gasteiger partial charge in [0.05, 0.1) is 6.26 Å². The zero-order chi connectivity index (χ0) is 13.2. The lowest BCUT2D eigenvalue weighted by molar-refractivity contribution is -0.115. The van der Waals surface area contributed by atoms with Crippen LogP contribution in [0.2, 0.25) is 0 Å². The van der Waals surface area contributed by atoms with Gasteiger partial charge in [0.2, 0.25) is 0 Å². The number of Topliss-reactive ketones (excluding diaryl/α,β-unsaturated/α-hetero) is 1. The van der Waals surface area contributed by atoms with Gasteiger partial charge in [-0.2, -0.15) is 0 Å². The lowest BCUT2D eigenvalue weighted by Gasteiger charge is -2.37. The van der Waals surface area contributed by atoms with Gasteiger partial charge >= 0.3 is 6.09 Å². The molecule has 0 aliphatic carbocycles. The molecule has 0 aromatic carbocycles. The van der Waals surface area contributed by atoms with Gasteiger partial charge in [0.1, 0.15) is 0 Å². The van der Waals surface area contributed by atoms with Crippen molar-refractivity contribution in [3.8, 4) is 0 Å². The number of nitrogens with zero attached hydrogens (tertiary/aromatic N) is 1. The standard InChI is InChI=1S/C12H19NO4/c1-12(2,3)10-6-8(7-14)9(15)4-5-13(10)11(16)17/h7,10,14H,4-6H2,1-3H3,(H,16,17). The van der Waals surface area contributed by atoms with E-state index in [2.05, 4.69) is 0 Å². The number of hydrogen-bond acceptors (Lipinski definition) is 3. The van der Waals surface area contributed by atoms with Gasteiger partial charge in [-0.25, -0.2) is 4.79 Å². The summed E-state index contributed by atoms with van der Waals surface area (Å²) in [5.41, 5.74) is 0.0331. The fraction of sp³-hybridized carbons (Fsp3) is 0.667. The van der Waals surface area contributed by atoms with Crippen LogP contribution >= 0.6 is 0 Å². The summed E-state index contributed by atoms with van der Waals surface area (Å²) in [5, 5.41) is 18.2. The summed E-state index contributed by atoms with van der Waals surface area (Å²) in [6.07, 6.45) is 0.194. The van der Waals surface area contributed by atoms with Gasteiger partial charge in [0, 0.05) is 31.0 Å². The van der Waals surface area contributed by atoms with Crippen molar-refractivity contribution in [1.82, 2.24) is 4.90 Å². The average molecular weight is 241 g/mol. The monoisotopic (exact) mass is 241 g/mol. The molecule has 1 unspecified atom stereocenters. The maximum Gasteiger partial charge on any atom is 0.407 e. The summed E-state index contributed by atoms with van der Waals surface area (Å²) in [6, 6.07) is -0.301. The van der Waals surface area contributed by atoms with Crippen LogP contribution in [-0.4, -0.2) is 39.6 Å². The summed E-state index contributed by atoms with van der Waals surface area (Å²) in [6.45, 7) is 5.97. The third-order valence-corrected chi connectivity index (χ3v) is 3.13. The SMILES string of the molecule is CC(C)(C)C1CC(=CO)C(=O)CCN1C(=O)O. The fourth-order valence-electron chi connectivity index (χ4n) is 2.10. The zero-order valence-corrected chi connectivity index (χ0v) is 10.4. The fourth-order valence-corrected chi connectivity index (χ4v) is 2.10. The molecule has 2 N–H and O–H groups in total. The van der Waals surface area contributed by atoms with Gasteiger partial charge in [-0.15, -0.1) is 0 Å². The van der Waals surface area contributed by atoms with Gasteiger partial charge < -0.3 is 15.1 Å². The average Bonchev–Trinajstić information content (AvgIpc) is 2.36. The minimum atomic E-state index is -1.02. The normalized spacial score (nSPS) is 24.9. The van der Waals surface area contributed by atoms with Crippen molar-refractivity contribution in [2.45, 2.75) is 39.7 Å². The predicted octanol–water partition coefficient (Wildman–Crippen LogP) is 2.19. The second-order valence-corrected chi connectivity index (χ2v) is 5.39. The molecule has 5 nitrogen and oxygen atoms in total. The van der Waals surface area contributed by atoms with Gasteiger partial charge in [0.15, 0.2) is 5.78 Å². The van der Waals surface area contributed by atoms with Crippen LogP contribution in [0.4, 0.5) is 4.79 Å². The van der Waals surface area contributed by atoms with Crippen molar-refractivity contribution in [1.29, 1.82) is 0 Å². The smallest absolute Gasteiger partial charge is 0.407 e. The zero-order valence-electron chi connectivity index (χ0n) is 10.4. The Hall–Kier alpha value is -1.52. The van der Waals surface area contributed by atoms with E-state index in [-0.39, 0.29) is 36.6 Å². The van der Waals surface area contributed by atoms with E-state index in [1.165, 1.54) is 4.90 Å². The van der Waals surface area contributed by atoms with Crippen LogP contribution in [0.1, 0.15) is 33.6 Å². The summed E-state index contributed by atoms with van der Waals surface area (Å²) < 4.78 is 0. The molecule has 1 saturated heterocycles. The Labute approximate surface area is 101 Å². The van der Waals surface area contributed by atoms with Crippen LogP contribution in [0.15, 0.2) is 11.8 Å². The van der Waals surface area contributed by atoms with Crippen LogP contribution in [0.3, 0.4) is 0 Å². The van der Waals surface area contributed by atoms with E-state index in [1.807, 2.05) is 20.8 Å².